The largest absolute Gasteiger partial charge is 0.308 e. The van der Waals surface area contributed by atoms with Crippen LogP contribution in [0.5, 0.6) is 0 Å². The molecule has 0 aliphatic rings. The first-order valence-electron chi connectivity index (χ1n) is 19.1. The molecule has 7 aromatic carbocycles. The van der Waals surface area contributed by atoms with Crippen molar-refractivity contribution in [3.05, 3.63) is 192 Å². The summed E-state index contributed by atoms with van der Waals surface area (Å²) in [5.41, 5.74) is 18.5. The zero-order valence-corrected chi connectivity index (χ0v) is 31.8. The van der Waals surface area contributed by atoms with Crippen molar-refractivity contribution in [2.24, 2.45) is 0 Å². The molecule has 266 valence electrons. The Hall–Kier alpha value is -7.22. The van der Waals surface area contributed by atoms with Crippen LogP contribution in [-0.4, -0.2) is 14.1 Å². The molecule has 3 heterocycles. The third-order valence-electron chi connectivity index (χ3n) is 11.4. The first-order chi connectivity index (χ1) is 27.4. The van der Waals surface area contributed by atoms with Crippen LogP contribution in [0, 0.1) is 34.3 Å². The second-order valence-corrected chi connectivity index (χ2v) is 15.0. The quantitative estimate of drug-likeness (QED) is 0.163. The van der Waals surface area contributed by atoms with Crippen LogP contribution in [0.1, 0.15) is 22.3 Å². The molecule has 10 rings (SSSR count). The van der Waals surface area contributed by atoms with Gasteiger partial charge in [-0.2, -0.15) is 0 Å². The molecule has 0 saturated heterocycles. The van der Waals surface area contributed by atoms with Crippen molar-refractivity contribution in [2.45, 2.75) is 27.7 Å². The highest BCUT2D eigenvalue weighted by atomic mass is 15.1. The molecule has 0 aliphatic heterocycles. The van der Waals surface area contributed by atoms with E-state index < -0.39 is 0 Å². The fraction of sp³-hybridized carbons (Fsp3) is 0.0769. The number of benzene rings is 7. The first kappa shape index (κ1) is 33.4. The van der Waals surface area contributed by atoms with Crippen LogP contribution >= 0.6 is 0 Å². The van der Waals surface area contributed by atoms with Crippen LogP contribution in [0.15, 0.2) is 158 Å². The molecule has 3 aromatic heterocycles. The molecule has 0 aliphatic carbocycles. The lowest BCUT2D eigenvalue weighted by Crippen LogP contribution is -2.04. The van der Waals surface area contributed by atoms with Crippen LogP contribution in [-0.2, 0) is 0 Å². The summed E-state index contributed by atoms with van der Waals surface area (Å²) in [7, 11) is 0. The molecule has 0 saturated carbocycles. The average Bonchev–Trinajstić information content (AvgIpc) is 3.72. The summed E-state index contributed by atoms with van der Waals surface area (Å²) in [6, 6.07) is 52.7. The standard InChI is InChI=1S/C52H38N4/c1-32-14-18-39(34(3)26-32)37-16-20-43-41-10-6-8-12-47(41)55(49(43)28-37)51-30-45(36-22-24-54-25-23-36)46(53-5)31-52(51)56-48-13-9-7-11-42(48)44-21-17-38(29-50(44)56)40-19-15-33(2)27-35(40)4/h6-31H,1-4H3. The number of para-hydroxylation sites is 2. The zero-order valence-electron chi connectivity index (χ0n) is 31.8. The van der Waals surface area contributed by atoms with E-state index in [0.717, 1.165) is 50.1 Å². The van der Waals surface area contributed by atoms with Crippen molar-refractivity contribution >= 4 is 49.3 Å². The molecule has 0 atom stereocenters. The van der Waals surface area contributed by atoms with Crippen LogP contribution in [0.25, 0.3) is 93.2 Å². The van der Waals surface area contributed by atoms with Crippen molar-refractivity contribution in [3.8, 4) is 44.8 Å². The molecule has 10 aromatic rings. The number of aryl methyl sites for hydroxylation is 4. The van der Waals surface area contributed by atoms with Crippen molar-refractivity contribution in [2.75, 3.05) is 0 Å². The van der Waals surface area contributed by atoms with Crippen molar-refractivity contribution in [1.29, 1.82) is 0 Å². The minimum atomic E-state index is 0.586. The Morgan fingerprint density at radius 2 is 0.911 bits per heavy atom. The Bertz CT molecular complexity index is 3240. The van der Waals surface area contributed by atoms with Gasteiger partial charge >= 0.3 is 0 Å². The average molecular weight is 719 g/mol. The maximum absolute atomic E-state index is 8.53. The van der Waals surface area contributed by atoms with Crippen LogP contribution in [0.2, 0.25) is 0 Å². The van der Waals surface area contributed by atoms with E-state index in [0.29, 0.717) is 5.69 Å². The molecule has 0 fully saturated rings. The fourth-order valence-electron chi connectivity index (χ4n) is 8.85. The van der Waals surface area contributed by atoms with Gasteiger partial charge in [0.2, 0.25) is 0 Å². The summed E-state index contributed by atoms with van der Waals surface area (Å²) < 4.78 is 4.80. The molecule has 0 spiro atoms. The third-order valence-corrected chi connectivity index (χ3v) is 11.4. The van der Waals surface area contributed by atoms with Gasteiger partial charge in [0.05, 0.1) is 40.0 Å². The highest BCUT2D eigenvalue weighted by Crippen LogP contribution is 2.44. The molecule has 0 N–H and O–H groups in total. The molecule has 4 heteroatoms. The van der Waals surface area contributed by atoms with Gasteiger partial charge in [0.25, 0.3) is 0 Å². The van der Waals surface area contributed by atoms with Gasteiger partial charge in [-0.25, -0.2) is 4.85 Å². The van der Waals surface area contributed by atoms with Crippen molar-refractivity contribution < 1.29 is 0 Å². The number of hydrogen-bond donors (Lipinski definition) is 0. The smallest absolute Gasteiger partial charge is 0.197 e. The van der Waals surface area contributed by atoms with Gasteiger partial charge in [0.15, 0.2) is 5.69 Å². The molecule has 0 unspecified atom stereocenters. The van der Waals surface area contributed by atoms with Crippen molar-refractivity contribution in [1.82, 2.24) is 14.1 Å². The highest BCUT2D eigenvalue weighted by molar-refractivity contribution is 6.13. The Labute approximate surface area is 326 Å². The third kappa shape index (κ3) is 5.24. The number of rotatable bonds is 5. The van der Waals surface area contributed by atoms with Gasteiger partial charge in [-0.05, 0) is 121 Å². The van der Waals surface area contributed by atoms with E-state index in [2.05, 4.69) is 180 Å². The summed E-state index contributed by atoms with van der Waals surface area (Å²) in [4.78, 5) is 8.50. The Morgan fingerprint density at radius 3 is 1.41 bits per heavy atom. The number of aromatic nitrogens is 3. The van der Waals surface area contributed by atoms with E-state index in [1.54, 1.807) is 12.4 Å². The van der Waals surface area contributed by atoms with Gasteiger partial charge in [-0.1, -0.05) is 108 Å². The summed E-state index contributed by atoms with van der Waals surface area (Å²) in [6.07, 6.45) is 3.60. The monoisotopic (exact) mass is 718 g/mol. The first-order valence-corrected chi connectivity index (χ1v) is 19.1. The predicted molar refractivity (Wildman–Crippen MR) is 234 cm³/mol. The van der Waals surface area contributed by atoms with E-state index in [4.69, 9.17) is 6.57 Å². The van der Waals surface area contributed by atoms with E-state index in [-0.39, 0.29) is 0 Å². The Morgan fingerprint density at radius 1 is 0.429 bits per heavy atom. The summed E-state index contributed by atoms with van der Waals surface area (Å²) in [5.74, 6) is 0. The van der Waals surface area contributed by atoms with E-state index in [9.17, 15) is 0 Å². The highest BCUT2D eigenvalue weighted by Gasteiger charge is 2.23. The summed E-state index contributed by atoms with van der Waals surface area (Å²) in [5, 5.41) is 4.70. The molecule has 4 nitrogen and oxygen atoms in total. The van der Waals surface area contributed by atoms with Gasteiger partial charge < -0.3 is 9.13 Å². The Balaban J connectivity index is 1.35. The molecule has 0 radical (unpaired) electrons. The van der Waals surface area contributed by atoms with Gasteiger partial charge in [0, 0.05) is 33.9 Å². The topological polar surface area (TPSA) is 27.1 Å². The SMILES string of the molecule is [C-]#[N+]c1cc(-n2c3ccccc3c3ccc(-c4ccc(C)cc4C)cc32)c(-n2c3ccccc3c3ccc(-c4ccc(C)cc4C)cc32)cc1-c1ccncc1. The van der Waals surface area contributed by atoms with Gasteiger partial charge in [0.1, 0.15) is 0 Å². The maximum Gasteiger partial charge on any atom is 0.197 e. The lowest BCUT2D eigenvalue weighted by molar-refractivity contribution is 1.10. The molecular formula is C52H38N4. The number of fused-ring (bicyclic) bond motifs is 6. The summed E-state index contributed by atoms with van der Waals surface area (Å²) >= 11 is 0. The second-order valence-electron chi connectivity index (χ2n) is 15.0. The second kappa shape index (κ2) is 13.0. The fourth-order valence-corrected chi connectivity index (χ4v) is 8.85. The minimum absolute atomic E-state index is 0.586. The van der Waals surface area contributed by atoms with E-state index >= 15 is 0 Å². The molecule has 56 heavy (non-hydrogen) atoms. The maximum atomic E-state index is 8.53. The molecule has 0 amide bonds. The lowest BCUT2D eigenvalue weighted by Gasteiger charge is -2.20. The lowest BCUT2D eigenvalue weighted by atomic mass is 9.97. The molecule has 0 bridgehead atoms. The minimum Gasteiger partial charge on any atom is -0.308 e. The Kier molecular flexibility index (Phi) is 7.73. The number of nitrogens with zero attached hydrogens (tertiary/aromatic N) is 4. The van der Waals surface area contributed by atoms with Crippen molar-refractivity contribution in [3.63, 3.8) is 0 Å². The van der Waals surface area contributed by atoms with E-state index in [1.807, 2.05) is 12.1 Å². The van der Waals surface area contributed by atoms with Crippen LogP contribution in [0.4, 0.5) is 5.69 Å². The summed E-state index contributed by atoms with van der Waals surface area (Å²) in [6.45, 7) is 17.2. The van der Waals surface area contributed by atoms with Gasteiger partial charge in [-0.15, -0.1) is 0 Å². The van der Waals surface area contributed by atoms with Crippen LogP contribution in [0.3, 0.4) is 0 Å². The van der Waals surface area contributed by atoms with Gasteiger partial charge in [-0.3, -0.25) is 4.98 Å². The van der Waals surface area contributed by atoms with E-state index in [1.165, 1.54) is 60.5 Å². The number of pyridine rings is 1. The predicted octanol–water partition coefficient (Wildman–Crippen LogP) is 14.1. The number of hydrogen-bond acceptors (Lipinski definition) is 1. The van der Waals surface area contributed by atoms with Crippen LogP contribution < -0.4 is 0 Å². The molecular weight excluding hydrogens is 681 g/mol. The zero-order chi connectivity index (χ0) is 38.1. The normalized spacial score (nSPS) is 11.6.